The second-order valence-electron chi connectivity index (χ2n) is 5.67. The molecule has 0 aliphatic carbocycles. The third-order valence-electron chi connectivity index (χ3n) is 3.71. The van der Waals surface area contributed by atoms with E-state index < -0.39 is 0 Å². The largest absolute Gasteiger partial charge is 0.373 e. The van der Waals surface area contributed by atoms with Crippen LogP contribution in [-0.4, -0.2) is 30.0 Å². The Kier molecular flexibility index (Phi) is 4.23. The molecule has 2 heterocycles. The smallest absolute Gasteiger partial charge is 0.125 e. The van der Waals surface area contributed by atoms with Crippen molar-refractivity contribution in [3.63, 3.8) is 0 Å². The first-order valence-corrected chi connectivity index (χ1v) is 7.01. The zero-order chi connectivity index (χ0) is 13.1. The molecule has 0 saturated carbocycles. The highest BCUT2D eigenvalue weighted by Gasteiger charge is 2.27. The van der Waals surface area contributed by atoms with Crippen molar-refractivity contribution >= 4 is 5.82 Å². The Labute approximate surface area is 111 Å². The summed E-state index contributed by atoms with van der Waals surface area (Å²) in [5, 5.41) is 3.10. The van der Waals surface area contributed by atoms with Crippen LogP contribution in [0.3, 0.4) is 0 Å². The van der Waals surface area contributed by atoms with Gasteiger partial charge in [0.15, 0.2) is 0 Å². The van der Waals surface area contributed by atoms with Crippen molar-refractivity contribution in [2.75, 3.05) is 25.5 Å². The van der Waals surface area contributed by atoms with E-state index in [0.29, 0.717) is 6.04 Å². The fraction of sp³-hybridized carbons (Fsp3) is 0.667. The quantitative estimate of drug-likeness (QED) is 0.885. The molecule has 1 aliphatic heterocycles. The van der Waals surface area contributed by atoms with Crippen LogP contribution in [0.15, 0.2) is 12.1 Å². The fourth-order valence-corrected chi connectivity index (χ4v) is 2.93. The summed E-state index contributed by atoms with van der Waals surface area (Å²) in [6, 6.07) is 4.91. The summed E-state index contributed by atoms with van der Waals surface area (Å²) in [7, 11) is 1.92. The van der Waals surface area contributed by atoms with Crippen molar-refractivity contribution in [2.45, 2.75) is 39.7 Å². The van der Waals surface area contributed by atoms with Crippen LogP contribution in [0.5, 0.6) is 0 Å². The number of hydrogen-bond donors (Lipinski definition) is 1. The van der Waals surface area contributed by atoms with Crippen LogP contribution in [0.1, 0.15) is 44.0 Å². The van der Waals surface area contributed by atoms with Gasteiger partial charge in [-0.1, -0.05) is 19.9 Å². The van der Waals surface area contributed by atoms with Crippen molar-refractivity contribution in [2.24, 2.45) is 5.92 Å². The normalized spacial score (nSPS) is 20.6. The van der Waals surface area contributed by atoms with E-state index in [1.165, 1.54) is 37.2 Å². The molecule has 18 heavy (non-hydrogen) atoms. The Morgan fingerprint density at radius 3 is 2.83 bits per heavy atom. The predicted octanol–water partition coefficient (Wildman–Crippen LogP) is 3.22. The van der Waals surface area contributed by atoms with E-state index in [1.54, 1.807) is 0 Å². The van der Waals surface area contributed by atoms with E-state index in [2.05, 4.69) is 48.1 Å². The lowest BCUT2D eigenvalue weighted by atomic mass is 10.0. The van der Waals surface area contributed by atoms with Crippen molar-refractivity contribution in [3.8, 4) is 0 Å². The van der Waals surface area contributed by atoms with Gasteiger partial charge in [-0.2, -0.15) is 0 Å². The third kappa shape index (κ3) is 2.83. The van der Waals surface area contributed by atoms with Crippen LogP contribution < -0.4 is 5.32 Å². The molecule has 0 bridgehead atoms. The number of nitrogens with zero attached hydrogens (tertiary/aromatic N) is 2. The number of pyridine rings is 1. The highest BCUT2D eigenvalue weighted by Crippen LogP contribution is 2.34. The lowest BCUT2D eigenvalue weighted by Gasteiger charge is -2.27. The van der Waals surface area contributed by atoms with Crippen LogP contribution in [-0.2, 0) is 0 Å². The molecule has 1 N–H and O–H groups in total. The molecule has 2 rings (SSSR count). The maximum atomic E-state index is 4.61. The van der Waals surface area contributed by atoms with Crippen LogP contribution in [0.25, 0.3) is 0 Å². The average Bonchev–Trinajstić information content (AvgIpc) is 2.76. The molecule has 0 aromatic carbocycles. The molecule has 3 nitrogen and oxygen atoms in total. The number of likely N-dealkylation sites (tertiary alicyclic amines) is 1. The summed E-state index contributed by atoms with van der Waals surface area (Å²) in [4.78, 5) is 7.23. The van der Waals surface area contributed by atoms with Crippen molar-refractivity contribution < 1.29 is 0 Å². The average molecular weight is 247 g/mol. The molecule has 0 unspecified atom stereocenters. The van der Waals surface area contributed by atoms with Gasteiger partial charge in [-0.15, -0.1) is 0 Å². The van der Waals surface area contributed by atoms with Gasteiger partial charge in [-0.05, 0) is 43.9 Å². The van der Waals surface area contributed by atoms with Crippen LogP contribution in [0.4, 0.5) is 5.82 Å². The Bertz CT molecular complexity index is 401. The molecule has 1 fully saturated rings. The van der Waals surface area contributed by atoms with E-state index in [-0.39, 0.29) is 0 Å². The minimum absolute atomic E-state index is 0.575. The first kappa shape index (κ1) is 13.3. The molecule has 3 heteroatoms. The maximum Gasteiger partial charge on any atom is 0.125 e. The highest BCUT2D eigenvalue weighted by molar-refractivity contribution is 5.39. The molecule has 1 aromatic rings. The van der Waals surface area contributed by atoms with Gasteiger partial charge in [0.25, 0.3) is 0 Å². The van der Waals surface area contributed by atoms with E-state index in [9.17, 15) is 0 Å². The first-order valence-electron chi connectivity index (χ1n) is 7.01. The highest BCUT2D eigenvalue weighted by atomic mass is 15.2. The van der Waals surface area contributed by atoms with Gasteiger partial charge in [0.1, 0.15) is 5.82 Å². The molecule has 1 atom stereocenters. The second kappa shape index (κ2) is 5.70. The maximum absolute atomic E-state index is 4.61. The van der Waals surface area contributed by atoms with E-state index in [1.807, 2.05) is 7.05 Å². The van der Waals surface area contributed by atoms with E-state index >= 15 is 0 Å². The van der Waals surface area contributed by atoms with E-state index in [0.717, 1.165) is 11.7 Å². The molecule has 1 aliphatic rings. The van der Waals surface area contributed by atoms with Gasteiger partial charge >= 0.3 is 0 Å². The molecular weight excluding hydrogens is 222 g/mol. The second-order valence-corrected chi connectivity index (χ2v) is 5.67. The zero-order valence-electron chi connectivity index (χ0n) is 12.0. The lowest BCUT2D eigenvalue weighted by Crippen LogP contribution is -2.28. The molecule has 0 spiro atoms. The minimum Gasteiger partial charge on any atom is -0.373 e. The topological polar surface area (TPSA) is 28.2 Å². The van der Waals surface area contributed by atoms with Gasteiger partial charge in [0, 0.05) is 25.3 Å². The number of nitrogens with one attached hydrogen (secondary N) is 1. The van der Waals surface area contributed by atoms with E-state index in [4.69, 9.17) is 0 Å². The molecule has 100 valence electrons. The standard InChI is InChI=1S/C15H25N3/c1-11(2)10-18-9-5-6-14(18)13-7-8-15(16-4)17-12(13)3/h7-8,11,14H,5-6,9-10H2,1-4H3,(H,16,17)/t14-/m1/s1. The molecular formula is C15H25N3. The Hall–Kier alpha value is -1.09. The summed E-state index contributed by atoms with van der Waals surface area (Å²) >= 11 is 0. The Balaban J connectivity index is 2.19. The number of aryl methyl sites for hydroxylation is 1. The Morgan fingerprint density at radius 1 is 1.44 bits per heavy atom. The summed E-state index contributed by atoms with van der Waals surface area (Å²) < 4.78 is 0. The number of rotatable bonds is 4. The molecule has 1 aromatic heterocycles. The van der Waals surface area contributed by atoms with Gasteiger partial charge in [0.05, 0.1) is 0 Å². The lowest BCUT2D eigenvalue weighted by molar-refractivity contribution is 0.228. The fourth-order valence-electron chi connectivity index (χ4n) is 2.93. The number of aromatic nitrogens is 1. The summed E-state index contributed by atoms with van der Waals surface area (Å²) in [6.07, 6.45) is 2.58. The summed E-state index contributed by atoms with van der Waals surface area (Å²) in [5.41, 5.74) is 2.58. The number of anilines is 1. The van der Waals surface area contributed by atoms with Gasteiger partial charge in [-0.3, -0.25) is 4.90 Å². The van der Waals surface area contributed by atoms with Crippen molar-refractivity contribution in [1.82, 2.24) is 9.88 Å². The zero-order valence-corrected chi connectivity index (χ0v) is 12.0. The SMILES string of the molecule is CNc1ccc([C@H]2CCCN2CC(C)C)c(C)n1. The van der Waals surface area contributed by atoms with Crippen LogP contribution >= 0.6 is 0 Å². The first-order chi connectivity index (χ1) is 8.61. The van der Waals surface area contributed by atoms with Crippen molar-refractivity contribution in [3.05, 3.63) is 23.4 Å². The van der Waals surface area contributed by atoms with Crippen LogP contribution in [0.2, 0.25) is 0 Å². The van der Waals surface area contributed by atoms with Crippen LogP contribution in [0, 0.1) is 12.8 Å². The minimum atomic E-state index is 0.575. The molecule has 1 saturated heterocycles. The Morgan fingerprint density at radius 2 is 2.22 bits per heavy atom. The monoisotopic (exact) mass is 247 g/mol. The summed E-state index contributed by atoms with van der Waals surface area (Å²) in [5.74, 6) is 1.69. The predicted molar refractivity (Wildman–Crippen MR) is 76.9 cm³/mol. The number of hydrogen-bond acceptors (Lipinski definition) is 3. The van der Waals surface area contributed by atoms with Gasteiger partial charge in [-0.25, -0.2) is 4.98 Å². The van der Waals surface area contributed by atoms with Crippen molar-refractivity contribution in [1.29, 1.82) is 0 Å². The van der Waals surface area contributed by atoms with Gasteiger partial charge in [0.2, 0.25) is 0 Å². The third-order valence-corrected chi connectivity index (χ3v) is 3.71. The molecule has 0 radical (unpaired) electrons. The van der Waals surface area contributed by atoms with Gasteiger partial charge < -0.3 is 5.32 Å². The summed E-state index contributed by atoms with van der Waals surface area (Å²) in [6.45, 7) is 9.14. The molecule has 0 amide bonds.